The average molecular weight is 266 g/mol. The van der Waals surface area contributed by atoms with Crippen LogP contribution in [0.2, 0.25) is 0 Å². The molecule has 4 N–H and O–H groups in total. The van der Waals surface area contributed by atoms with Crippen LogP contribution in [0.25, 0.3) is 0 Å². The minimum atomic E-state index is -0.937. The number of nitrogens with two attached hydrogens (primary N) is 2. The van der Waals surface area contributed by atoms with Crippen molar-refractivity contribution >= 4 is 12.2 Å². The quantitative estimate of drug-likeness (QED) is 0.849. The van der Waals surface area contributed by atoms with Crippen LogP contribution >= 0.6 is 0 Å². The molecule has 0 saturated heterocycles. The average Bonchev–Trinajstić information content (AvgIpc) is 2.33. The van der Waals surface area contributed by atoms with Crippen molar-refractivity contribution in [1.29, 1.82) is 0 Å². The molecule has 2 amide bonds. The van der Waals surface area contributed by atoms with Crippen LogP contribution < -0.4 is 11.5 Å². The van der Waals surface area contributed by atoms with Gasteiger partial charge in [-0.15, -0.1) is 0 Å². The first-order valence-corrected chi connectivity index (χ1v) is 5.89. The van der Waals surface area contributed by atoms with Crippen molar-refractivity contribution in [1.82, 2.24) is 0 Å². The summed E-state index contributed by atoms with van der Waals surface area (Å²) in [5.41, 5.74) is 10.8. The monoisotopic (exact) mass is 266 g/mol. The molecule has 0 heterocycles. The summed E-state index contributed by atoms with van der Waals surface area (Å²) in [5.74, 6) is -0.0999. The van der Waals surface area contributed by atoms with Crippen LogP contribution in [0, 0.1) is 5.92 Å². The van der Waals surface area contributed by atoms with Crippen molar-refractivity contribution in [3.8, 4) is 0 Å². The van der Waals surface area contributed by atoms with Gasteiger partial charge in [0.25, 0.3) is 0 Å². The van der Waals surface area contributed by atoms with Crippen LogP contribution in [-0.2, 0) is 9.47 Å². The summed E-state index contributed by atoms with van der Waals surface area (Å²) >= 11 is 0. The summed E-state index contributed by atoms with van der Waals surface area (Å²) in [6.45, 7) is 3.65. The number of amides is 2. The molecule has 104 valence electrons. The molecule has 2 atom stereocenters. The molecule has 2 unspecified atom stereocenters. The molecule has 0 bridgehead atoms. The molecule has 0 fully saturated rings. The zero-order chi connectivity index (χ0) is 14.4. The standard InChI is InChI=1S/C13H18N2O4/c1-8(2)10(18-12(14)16)11(19-13(15)17)9-6-4-3-5-7-9/h3-8,10-11H,1-2H3,(H2,14,16)(H2,15,17). The Balaban J connectivity index is 3.06. The van der Waals surface area contributed by atoms with Crippen LogP contribution in [0.1, 0.15) is 25.5 Å². The molecule has 1 aromatic carbocycles. The minimum Gasteiger partial charge on any atom is -0.442 e. The van der Waals surface area contributed by atoms with Crippen LogP contribution in [0.5, 0.6) is 0 Å². The first-order valence-electron chi connectivity index (χ1n) is 5.89. The lowest BCUT2D eigenvalue weighted by Gasteiger charge is -2.28. The third kappa shape index (κ3) is 4.50. The summed E-state index contributed by atoms with van der Waals surface area (Å²) in [7, 11) is 0. The number of hydrogen-bond acceptors (Lipinski definition) is 4. The molecule has 0 aromatic heterocycles. The van der Waals surface area contributed by atoms with Gasteiger partial charge in [0.2, 0.25) is 0 Å². The number of benzene rings is 1. The van der Waals surface area contributed by atoms with E-state index in [0.717, 1.165) is 0 Å². The van der Waals surface area contributed by atoms with E-state index in [9.17, 15) is 9.59 Å². The molecule has 0 saturated carbocycles. The van der Waals surface area contributed by atoms with Gasteiger partial charge in [0, 0.05) is 0 Å². The Morgan fingerprint density at radius 2 is 1.53 bits per heavy atom. The van der Waals surface area contributed by atoms with Gasteiger partial charge in [-0.3, -0.25) is 0 Å². The van der Waals surface area contributed by atoms with E-state index in [-0.39, 0.29) is 5.92 Å². The summed E-state index contributed by atoms with van der Waals surface area (Å²) in [5, 5.41) is 0. The molecule has 0 spiro atoms. The summed E-state index contributed by atoms with van der Waals surface area (Å²) in [4.78, 5) is 22.0. The Labute approximate surface area is 111 Å². The molecule has 0 aliphatic carbocycles. The first kappa shape index (κ1) is 14.8. The maximum absolute atomic E-state index is 11.0. The highest BCUT2D eigenvalue weighted by Gasteiger charge is 2.31. The Morgan fingerprint density at radius 1 is 1.00 bits per heavy atom. The fraction of sp³-hybridized carbons (Fsp3) is 0.385. The normalized spacial score (nSPS) is 13.6. The van der Waals surface area contributed by atoms with Crippen molar-refractivity contribution in [3.63, 3.8) is 0 Å². The second kappa shape index (κ2) is 6.63. The van der Waals surface area contributed by atoms with E-state index in [2.05, 4.69) is 0 Å². The molecular weight excluding hydrogens is 248 g/mol. The smallest absolute Gasteiger partial charge is 0.405 e. The lowest BCUT2D eigenvalue weighted by Crippen LogP contribution is -2.36. The second-order valence-electron chi connectivity index (χ2n) is 4.41. The topological polar surface area (TPSA) is 105 Å². The van der Waals surface area contributed by atoms with Gasteiger partial charge in [-0.05, 0) is 11.5 Å². The first-order chi connectivity index (χ1) is 8.91. The van der Waals surface area contributed by atoms with Gasteiger partial charge in [-0.2, -0.15) is 0 Å². The Morgan fingerprint density at radius 3 is 1.95 bits per heavy atom. The Bertz CT molecular complexity index is 434. The fourth-order valence-corrected chi connectivity index (χ4v) is 1.77. The van der Waals surface area contributed by atoms with Gasteiger partial charge in [0.15, 0.2) is 6.10 Å². The fourth-order valence-electron chi connectivity index (χ4n) is 1.77. The maximum Gasteiger partial charge on any atom is 0.405 e. The van der Waals surface area contributed by atoms with Gasteiger partial charge in [-0.1, -0.05) is 44.2 Å². The minimum absolute atomic E-state index is 0.0999. The lowest BCUT2D eigenvalue weighted by molar-refractivity contribution is -0.0267. The van der Waals surface area contributed by atoms with Crippen molar-refractivity contribution in [2.45, 2.75) is 26.1 Å². The van der Waals surface area contributed by atoms with E-state index in [4.69, 9.17) is 20.9 Å². The van der Waals surface area contributed by atoms with E-state index in [1.807, 2.05) is 19.9 Å². The zero-order valence-corrected chi connectivity index (χ0v) is 10.9. The van der Waals surface area contributed by atoms with Gasteiger partial charge < -0.3 is 20.9 Å². The van der Waals surface area contributed by atoms with E-state index in [1.165, 1.54) is 0 Å². The van der Waals surface area contributed by atoms with Gasteiger partial charge in [0.1, 0.15) is 6.10 Å². The predicted molar refractivity (Wildman–Crippen MR) is 69.1 cm³/mol. The van der Waals surface area contributed by atoms with Crippen LogP contribution in [-0.4, -0.2) is 18.3 Å². The number of primary amides is 2. The SMILES string of the molecule is CC(C)C(OC(N)=O)C(OC(N)=O)c1ccccc1. The van der Waals surface area contributed by atoms with Crippen molar-refractivity contribution in [3.05, 3.63) is 35.9 Å². The third-order valence-corrected chi connectivity index (χ3v) is 2.58. The maximum atomic E-state index is 11.0. The molecular formula is C13H18N2O4. The molecule has 0 aliphatic heterocycles. The van der Waals surface area contributed by atoms with Gasteiger partial charge >= 0.3 is 12.2 Å². The van der Waals surface area contributed by atoms with Crippen LogP contribution in [0.3, 0.4) is 0 Å². The van der Waals surface area contributed by atoms with E-state index < -0.39 is 24.4 Å². The number of rotatable bonds is 5. The number of carbonyl (C=O) groups is 2. The highest BCUT2D eigenvalue weighted by molar-refractivity contribution is 5.66. The highest BCUT2D eigenvalue weighted by atomic mass is 16.6. The number of hydrogen-bond donors (Lipinski definition) is 2. The van der Waals surface area contributed by atoms with Crippen LogP contribution in [0.4, 0.5) is 9.59 Å². The Hall–Kier alpha value is -2.24. The van der Waals surface area contributed by atoms with Crippen molar-refractivity contribution in [2.75, 3.05) is 0 Å². The van der Waals surface area contributed by atoms with E-state index in [0.29, 0.717) is 5.56 Å². The summed E-state index contributed by atoms with van der Waals surface area (Å²) in [6, 6.07) is 8.91. The summed E-state index contributed by atoms with van der Waals surface area (Å²) in [6.07, 6.45) is -3.35. The van der Waals surface area contributed by atoms with Crippen LogP contribution in [0.15, 0.2) is 30.3 Å². The van der Waals surface area contributed by atoms with Crippen molar-refractivity contribution < 1.29 is 19.1 Å². The highest BCUT2D eigenvalue weighted by Crippen LogP contribution is 2.28. The third-order valence-electron chi connectivity index (χ3n) is 2.58. The Kier molecular flexibility index (Phi) is 5.17. The molecule has 0 aliphatic rings. The molecule has 0 radical (unpaired) electrons. The lowest BCUT2D eigenvalue weighted by atomic mass is 9.96. The second-order valence-corrected chi connectivity index (χ2v) is 4.41. The molecule has 6 heteroatoms. The van der Waals surface area contributed by atoms with Gasteiger partial charge in [-0.25, -0.2) is 9.59 Å². The molecule has 19 heavy (non-hydrogen) atoms. The predicted octanol–water partition coefficient (Wildman–Crippen LogP) is 1.94. The number of ether oxygens (including phenoxy) is 2. The zero-order valence-electron chi connectivity index (χ0n) is 10.9. The van der Waals surface area contributed by atoms with Crippen molar-refractivity contribution in [2.24, 2.45) is 17.4 Å². The van der Waals surface area contributed by atoms with Gasteiger partial charge in [0.05, 0.1) is 0 Å². The molecule has 1 rings (SSSR count). The molecule has 6 nitrogen and oxygen atoms in total. The number of carbonyl (C=O) groups excluding carboxylic acids is 2. The summed E-state index contributed by atoms with van der Waals surface area (Å²) < 4.78 is 10.1. The van der Waals surface area contributed by atoms with E-state index >= 15 is 0 Å². The largest absolute Gasteiger partial charge is 0.442 e. The molecule has 1 aromatic rings. The van der Waals surface area contributed by atoms with E-state index in [1.54, 1.807) is 24.3 Å².